The number of carbonyl (C=O) groups excluding carboxylic acids is 1. The molecule has 1 aliphatic carbocycles. The molecule has 1 aromatic carbocycles. The second-order valence-electron chi connectivity index (χ2n) is 5.18. The summed E-state index contributed by atoms with van der Waals surface area (Å²) in [4.78, 5) is 11.7. The number of benzene rings is 1. The maximum absolute atomic E-state index is 11.7. The van der Waals surface area contributed by atoms with Gasteiger partial charge >= 0.3 is 5.97 Å². The van der Waals surface area contributed by atoms with Gasteiger partial charge in [0, 0.05) is 5.57 Å². The molecule has 0 heterocycles. The standard InChI is InChI=1S/C16H20O2/c1-11(2)14-9-8-13(16(17)18-3)10-12-6-4-5-7-15(12)14/h4-7,10-11,14H,8-9H2,1-3H3. The molecule has 0 spiro atoms. The van der Waals surface area contributed by atoms with Crippen LogP contribution >= 0.6 is 0 Å². The van der Waals surface area contributed by atoms with Gasteiger partial charge in [-0.1, -0.05) is 38.1 Å². The van der Waals surface area contributed by atoms with Crippen LogP contribution in [-0.4, -0.2) is 13.1 Å². The molecule has 1 unspecified atom stereocenters. The van der Waals surface area contributed by atoms with Crippen LogP contribution in [0.5, 0.6) is 0 Å². The Balaban J connectivity index is 2.43. The summed E-state index contributed by atoms with van der Waals surface area (Å²) in [5, 5.41) is 0. The van der Waals surface area contributed by atoms with E-state index in [0.29, 0.717) is 11.8 Å². The van der Waals surface area contributed by atoms with E-state index in [1.165, 1.54) is 12.7 Å². The van der Waals surface area contributed by atoms with E-state index in [2.05, 4.69) is 32.0 Å². The zero-order valence-electron chi connectivity index (χ0n) is 11.3. The van der Waals surface area contributed by atoms with Crippen LogP contribution in [0.4, 0.5) is 0 Å². The van der Waals surface area contributed by atoms with Crippen LogP contribution in [0.25, 0.3) is 6.08 Å². The predicted molar refractivity (Wildman–Crippen MR) is 73.2 cm³/mol. The smallest absolute Gasteiger partial charge is 0.333 e. The number of ether oxygens (including phenoxy) is 1. The largest absolute Gasteiger partial charge is 0.466 e. The minimum atomic E-state index is -0.200. The van der Waals surface area contributed by atoms with Crippen molar-refractivity contribution in [1.29, 1.82) is 0 Å². The van der Waals surface area contributed by atoms with Gasteiger partial charge in [-0.05, 0) is 41.9 Å². The van der Waals surface area contributed by atoms with Crippen molar-refractivity contribution in [2.75, 3.05) is 7.11 Å². The van der Waals surface area contributed by atoms with Crippen LogP contribution in [0.15, 0.2) is 29.8 Å². The van der Waals surface area contributed by atoms with E-state index in [1.807, 2.05) is 12.1 Å². The summed E-state index contributed by atoms with van der Waals surface area (Å²) in [5.41, 5.74) is 3.30. The molecule has 0 N–H and O–H groups in total. The third kappa shape index (κ3) is 2.47. The van der Waals surface area contributed by atoms with Crippen LogP contribution in [-0.2, 0) is 9.53 Å². The summed E-state index contributed by atoms with van der Waals surface area (Å²) >= 11 is 0. The van der Waals surface area contributed by atoms with E-state index in [9.17, 15) is 4.79 Å². The third-order valence-electron chi connectivity index (χ3n) is 3.70. The molecule has 1 atom stereocenters. The second kappa shape index (κ2) is 5.38. The van der Waals surface area contributed by atoms with Gasteiger partial charge in [-0.2, -0.15) is 0 Å². The highest BCUT2D eigenvalue weighted by atomic mass is 16.5. The first-order valence-corrected chi connectivity index (χ1v) is 6.51. The molecule has 0 saturated carbocycles. The number of esters is 1. The number of hydrogen-bond acceptors (Lipinski definition) is 2. The minimum absolute atomic E-state index is 0.200. The number of hydrogen-bond donors (Lipinski definition) is 0. The van der Waals surface area contributed by atoms with Gasteiger partial charge in [0.2, 0.25) is 0 Å². The van der Waals surface area contributed by atoms with Crippen LogP contribution in [0.1, 0.15) is 43.7 Å². The van der Waals surface area contributed by atoms with E-state index >= 15 is 0 Å². The SMILES string of the molecule is COC(=O)C1=Cc2ccccc2C(C(C)C)CC1. The van der Waals surface area contributed by atoms with Crippen LogP contribution < -0.4 is 0 Å². The molecule has 0 radical (unpaired) electrons. The molecule has 2 rings (SSSR count). The first kappa shape index (κ1) is 12.9. The molecule has 2 nitrogen and oxygen atoms in total. The Labute approximate surface area is 109 Å². The summed E-state index contributed by atoms with van der Waals surface area (Å²) in [6.07, 6.45) is 3.80. The monoisotopic (exact) mass is 244 g/mol. The Morgan fingerprint density at radius 1 is 1.33 bits per heavy atom. The summed E-state index contributed by atoms with van der Waals surface area (Å²) in [5.74, 6) is 0.894. The lowest BCUT2D eigenvalue weighted by Gasteiger charge is -2.21. The van der Waals surface area contributed by atoms with Crippen molar-refractivity contribution in [3.05, 3.63) is 41.0 Å². The van der Waals surface area contributed by atoms with E-state index in [1.54, 1.807) is 0 Å². The molecule has 0 aliphatic heterocycles. The highest BCUT2D eigenvalue weighted by Gasteiger charge is 2.23. The summed E-state index contributed by atoms with van der Waals surface area (Å²) < 4.78 is 4.85. The van der Waals surface area contributed by atoms with Gasteiger partial charge in [0.1, 0.15) is 0 Å². The molecule has 18 heavy (non-hydrogen) atoms. The van der Waals surface area contributed by atoms with Gasteiger partial charge < -0.3 is 4.74 Å². The summed E-state index contributed by atoms with van der Waals surface area (Å²) in [7, 11) is 1.44. The van der Waals surface area contributed by atoms with E-state index in [0.717, 1.165) is 24.0 Å². The van der Waals surface area contributed by atoms with Crippen molar-refractivity contribution in [3.63, 3.8) is 0 Å². The maximum atomic E-state index is 11.7. The maximum Gasteiger partial charge on any atom is 0.333 e. The fraction of sp³-hybridized carbons (Fsp3) is 0.438. The Bertz CT molecular complexity index is 472. The molecule has 0 saturated heterocycles. The Kier molecular flexibility index (Phi) is 3.85. The van der Waals surface area contributed by atoms with Gasteiger partial charge in [0.25, 0.3) is 0 Å². The molecule has 0 aromatic heterocycles. The van der Waals surface area contributed by atoms with Gasteiger partial charge in [-0.15, -0.1) is 0 Å². The van der Waals surface area contributed by atoms with Gasteiger partial charge in [-0.3, -0.25) is 0 Å². The first-order chi connectivity index (χ1) is 8.63. The number of rotatable bonds is 2. The summed E-state index contributed by atoms with van der Waals surface area (Å²) in [6, 6.07) is 8.35. The predicted octanol–water partition coefficient (Wildman–Crippen LogP) is 3.78. The first-order valence-electron chi connectivity index (χ1n) is 6.51. The molecular weight excluding hydrogens is 224 g/mol. The normalized spacial score (nSPS) is 18.9. The molecule has 2 heteroatoms. The van der Waals surface area contributed by atoms with E-state index in [-0.39, 0.29) is 5.97 Å². The van der Waals surface area contributed by atoms with Gasteiger partial charge in [-0.25, -0.2) is 4.79 Å². The lowest BCUT2D eigenvalue weighted by atomic mass is 9.84. The second-order valence-corrected chi connectivity index (χ2v) is 5.18. The average Bonchev–Trinajstić information content (AvgIpc) is 2.57. The molecule has 0 amide bonds. The van der Waals surface area contributed by atoms with Crippen LogP contribution in [0.3, 0.4) is 0 Å². The Morgan fingerprint density at radius 3 is 2.72 bits per heavy atom. The number of carbonyl (C=O) groups is 1. The van der Waals surface area contributed by atoms with Crippen LogP contribution in [0, 0.1) is 5.92 Å². The lowest BCUT2D eigenvalue weighted by Crippen LogP contribution is -2.08. The molecule has 0 fully saturated rings. The third-order valence-corrected chi connectivity index (χ3v) is 3.70. The Morgan fingerprint density at radius 2 is 2.06 bits per heavy atom. The zero-order chi connectivity index (χ0) is 13.1. The van der Waals surface area contributed by atoms with Crippen molar-refractivity contribution < 1.29 is 9.53 Å². The fourth-order valence-corrected chi connectivity index (χ4v) is 2.69. The Hall–Kier alpha value is -1.57. The molecule has 1 aliphatic rings. The number of methoxy groups -OCH3 is 1. The van der Waals surface area contributed by atoms with Crippen LogP contribution in [0.2, 0.25) is 0 Å². The highest BCUT2D eigenvalue weighted by molar-refractivity contribution is 5.94. The quantitative estimate of drug-likeness (QED) is 0.740. The molecule has 96 valence electrons. The fourth-order valence-electron chi connectivity index (χ4n) is 2.69. The summed E-state index contributed by atoms with van der Waals surface area (Å²) in [6.45, 7) is 4.48. The van der Waals surface area contributed by atoms with Crippen molar-refractivity contribution >= 4 is 12.0 Å². The average molecular weight is 244 g/mol. The molecule has 1 aromatic rings. The number of fused-ring (bicyclic) bond motifs is 1. The van der Waals surface area contributed by atoms with Crippen molar-refractivity contribution in [2.24, 2.45) is 5.92 Å². The molecular formula is C16H20O2. The topological polar surface area (TPSA) is 26.3 Å². The molecule has 0 bridgehead atoms. The van der Waals surface area contributed by atoms with Crippen molar-refractivity contribution in [3.8, 4) is 0 Å². The van der Waals surface area contributed by atoms with Crippen molar-refractivity contribution in [2.45, 2.75) is 32.6 Å². The zero-order valence-corrected chi connectivity index (χ0v) is 11.3. The van der Waals surface area contributed by atoms with E-state index < -0.39 is 0 Å². The van der Waals surface area contributed by atoms with Gasteiger partial charge in [0.05, 0.1) is 7.11 Å². The highest BCUT2D eigenvalue weighted by Crippen LogP contribution is 2.36. The van der Waals surface area contributed by atoms with Gasteiger partial charge in [0.15, 0.2) is 0 Å². The minimum Gasteiger partial charge on any atom is -0.466 e. The van der Waals surface area contributed by atoms with Crippen molar-refractivity contribution in [1.82, 2.24) is 0 Å². The van der Waals surface area contributed by atoms with E-state index in [4.69, 9.17) is 4.74 Å². The lowest BCUT2D eigenvalue weighted by molar-refractivity contribution is -0.136.